The van der Waals surface area contributed by atoms with E-state index in [1.54, 1.807) is 25.1 Å². The van der Waals surface area contributed by atoms with Gasteiger partial charge < -0.3 is 10.0 Å². The summed E-state index contributed by atoms with van der Waals surface area (Å²) in [6, 6.07) is 9.25. The molecule has 2 aromatic carbocycles. The van der Waals surface area contributed by atoms with Crippen molar-refractivity contribution in [2.75, 3.05) is 26.2 Å². The average molecular weight is 429 g/mol. The zero-order chi connectivity index (χ0) is 19.8. The third-order valence-corrected chi connectivity index (χ3v) is 7.12. The molecule has 6 nitrogen and oxygen atoms in total. The van der Waals surface area contributed by atoms with Crippen LogP contribution in [0.3, 0.4) is 0 Å². The summed E-state index contributed by atoms with van der Waals surface area (Å²) >= 11 is 11.9. The Labute approximate surface area is 168 Å². The topological polar surface area (TPSA) is 77.9 Å². The summed E-state index contributed by atoms with van der Waals surface area (Å²) in [6.07, 6.45) is 0. The number of benzene rings is 2. The smallest absolute Gasteiger partial charge is 0.257 e. The van der Waals surface area contributed by atoms with Gasteiger partial charge in [-0.1, -0.05) is 35.3 Å². The minimum Gasteiger partial charge on any atom is -0.507 e. The number of carbonyl (C=O) groups is 1. The maximum Gasteiger partial charge on any atom is 0.257 e. The molecule has 0 unspecified atom stereocenters. The molecule has 1 saturated heterocycles. The van der Waals surface area contributed by atoms with Gasteiger partial charge in [0.2, 0.25) is 10.0 Å². The fourth-order valence-electron chi connectivity index (χ4n) is 2.95. The molecule has 144 valence electrons. The Balaban J connectivity index is 1.76. The molecule has 2 aromatic rings. The quantitative estimate of drug-likeness (QED) is 0.813. The van der Waals surface area contributed by atoms with Crippen LogP contribution in [0, 0.1) is 6.92 Å². The Morgan fingerprint density at radius 2 is 1.74 bits per heavy atom. The third-order valence-electron chi connectivity index (χ3n) is 4.51. The van der Waals surface area contributed by atoms with Crippen molar-refractivity contribution >= 4 is 39.1 Å². The van der Waals surface area contributed by atoms with Gasteiger partial charge in [-0.05, 0) is 36.8 Å². The van der Waals surface area contributed by atoms with Crippen LogP contribution in [-0.2, 0) is 10.0 Å². The lowest BCUT2D eigenvalue weighted by Crippen LogP contribution is -2.50. The van der Waals surface area contributed by atoms with E-state index in [0.717, 1.165) is 0 Å². The molecule has 9 heteroatoms. The van der Waals surface area contributed by atoms with Crippen LogP contribution >= 0.6 is 23.2 Å². The summed E-state index contributed by atoms with van der Waals surface area (Å²) in [7, 11) is -3.81. The zero-order valence-corrected chi connectivity index (χ0v) is 16.9. The van der Waals surface area contributed by atoms with Gasteiger partial charge in [0.1, 0.15) is 10.6 Å². The number of nitrogens with zero attached hydrogens (tertiary/aromatic N) is 2. The Morgan fingerprint density at radius 1 is 1.07 bits per heavy atom. The number of hydrogen-bond donors (Lipinski definition) is 1. The van der Waals surface area contributed by atoms with Gasteiger partial charge in [-0.15, -0.1) is 0 Å². The minimum atomic E-state index is -3.81. The zero-order valence-electron chi connectivity index (χ0n) is 14.5. The first-order valence-corrected chi connectivity index (χ1v) is 10.4. The van der Waals surface area contributed by atoms with E-state index >= 15 is 0 Å². The fourth-order valence-corrected chi connectivity index (χ4v) is 5.11. The normalized spacial score (nSPS) is 15.7. The van der Waals surface area contributed by atoms with Gasteiger partial charge in [-0.2, -0.15) is 4.31 Å². The number of carbonyl (C=O) groups excluding carboxylic acids is 1. The number of halogens is 2. The molecular formula is C18H18Cl2N2O4S. The van der Waals surface area contributed by atoms with Crippen LogP contribution in [-0.4, -0.2) is 54.8 Å². The first-order chi connectivity index (χ1) is 12.7. The number of sulfonamides is 1. The SMILES string of the molecule is Cc1cccc(C(=O)N2CCN(S(=O)(=O)c3cc(Cl)ccc3Cl)CC2)c1O. The van der Waals surface area contributed by atoms with Gasteiger partial charge in [0.05, 0.1) is 10.6 Å². The molecule has 1 aliphatic heterocycles. The second-order valence-electron chi connectivity index (χ2n) is 6.24. The summed E-state index contributed by atoms with van der Waals surface area (Å²) in [5.74, 6) is -0.378. The molecule has 27 heavy (non-hydrogen) atoms. The first-order valence-electron chi connectivity index (χ1n) is 8.25. The van der Waals surface area contributed by atoms with Gasteiger partial charge in [0.15, 0.2) is 0 Å². The lowest BCUT2D eigenvalue weighted by molar-refractivity contribution is 0.0694. The van der Waals surface area contributed by atoms with Crippen molar-refractivity contribution in [3.8, 4) is 5.75 Å². The highest BCUT2D eigenvalue weighted by atomic mass is 35.5. The Bertz CT molecular complexity index is 987. The largest absolute Gasteiger partial charge is 0.507 e. The highest BCUT2D eigenvalue weighted by molar-refractivity contribution is 7.89. The number of para-hydroxylation sites is 1. The first kappa shape index (κ1) is 19.9. The predicted octanol–water partition coefficient (Wildman–Crippen LogP) is 3.15. The second-order valence-corrected chi connectivity index (χ2v) is 8.99. The highest BCUT2D eigenvalue weighted by Gasteiger charge is 2.32. The van der Waals surface area contributed by atoms with Crippen LogP contribution < -0.4 is 0 Å². The number of hydrogen-bond acceptors (Lipinski definition) is 4. The van der Waals surface area contributed by atoms with E-state index in [1.165, 1.54) is 27.4 Å². The van der Waals surface area contributed by atoms with Gasteiger partial charge in [-0.3, -0.25) is 4.79 Å². The van der Waals surface area contributed by atoms with Crippen molar-refractivity contribution in [3.05, 3.63) is 57.6 Å². The van der Waals surface area contributed by atoms with E-state index in [9.17, 15) is 18.3 Å². The highest BCUT2D eigenvalue weighted by Crippen LogP contribution is 2.29. The summed E-state index contributed by atoms with van der Waals surface area (Å²) in [4.78, 5) is 14.1. The molecule has 0 atom stereocenters. The number of aryl methyl sites for hydroxylation is 1. The average Bonchev–Trinajstić information content (AvgIpc) is 2.65. The maximum atomic E-state index is 12.8. The van der Waals surface area contributed by atoms with Crippen LogP contribution in [0.4, 0.5) is 0 Å². The molecule has 0 spiro atoms. The number of phenolic OH excluding ortho intramolecular Hbond substituents is 1. The van der Waals surface area contributed by atoms with E-state index in [-0.39, 0.29) is 58.3 Å². The van der Waals surface area contributed by atoms with Crippen molar-refractivity contribution in [1.82, 2.24) is 9.21 Å². The number of aromatic hydroxyl groups is 1. The molecule has 1 heterocycles. The molecule has 0 radical (unpaired) electrons. The third kappa shape index (κ3) is 3.91. The number of amides is 1. The monoisotopic (exact) mass is 428 g/mol. The molecule has 0 aromatic heterocycles. The standard InChI is InChI=1S/C18H18Cl2N2O4S/c1-12-3-2-4-14(17(12)23)18(24)21-7-9-22(10-8-21)27(25,26)16-11-13(19)5-6-15(16)20/h2-6,11,23H,7-10H2,1H3. The summed E-state index contributed by atoms with van der Waals surface area (Å²) in [5.41, 5.74) is 0.821. The van der Waals surface area contributed by atoms with Crippen molar-refractivity contribution in [2.24, 2.45) is 0 Å². The lowest BCUT2D eigenvalue weighted by atomic mass is 10.1. The van der Waals surface area contributed by atoms with Gasteiger partial charge >= 0.3 is 0 Å². The van der Waals surface area contributed by atoms with Crippen LogP contribution in [0.15, 0.2) is 41.3 Å². The maximum absolute atomic E-state index is 12.8. The number of phenols is 1. The van der Waals surface area contributed by atoms with Crippen molar-refractivity contribution in [3.63, 3.8) is 0 Å². The molecule has 3 rings (SSSR count). The molecule has 1 amide bonds. The van der Waals surface area contributed by atoms with E-state index in [4.69, 9.17) is 23.2 Å². The molecule has 1 N–H and O–H groups in total. The Morgan fingerprint density at radius 3 is 2.41 bits per heavy atom. The molecule has 0 bridgehead atoms. The fraction of sp³-hybridized carbons (Fsp3) is 0.278. The summed E-state index contributed by atoms with van der Waals surface area (Å²) < 4.78 is 27.0. The van der Waals surface area contributed by atoms with Crippen molar-refractivity contribution in [2.45, 2.75) is 11.8 Å². The van der Waals surface area contributed by atoms with Crippen molar-refractivity contribution in [1.29, 1.82) is 0 Å². The van der Waals surface area contributed by atoms with Crippen LogP contribution in [0.2, 0.25) is 10.0 Å². The van der Waals surface area contributed by atoms with Crippen LogP contribution in [0.5, 0.6) is 5.75 Å². The van der Waals surface area contributed by atoms with Crippen LogP contribution in [0.25, 0.3) is 0 Å². The van der Waals surface area contributed by atoms with Gasteiger partial charge in [-0.25, -0.2) is 8.42 Å². The van der Waals surface area contributed by atoms with Gasteiger partial charge in [0, 0.05) is 31.2 Å². The Hall–Kier alpha value is -1.80. The predicted molar refractivity (Wildman–Crippen MR) is 104 cm³/mol. The Kier molecular flexibility index (Phi) is 5.67. The minimum absolute atomic E-state index is 0.0484. The molecule has 0 saturated carbocycles. The lowest BCUT2D eigenvalue weighted by Gasteiger charge is -2.34. The molecule has 0 aliphatic carbocycles. The van der Waals surface area contributed by atoms with Crippen LogP contribution in [0.1, 0.15) is 15.9 Å². The van der Waals surface area contributed by atoms with E-state index < -0.39 is 10.0 Å². The van der Waals surface area contributed by atoms with Gasteiger partial charge in [0.25, 0.3) is 5.91 Å². The van der Waals surface area contributed by atoms with Crippen molar-refractivity contribution < 1.29 is 18.3 Å². The van der Waals surface area contributed by atoms with E-state index in [1.807, 2.05) is 0 Å². The molecule has 1 fully saturated rings. The summed E-state index contributed by atoms with van der Waals surface area (Å²) in [5, 5.41) is 10.5. The number of rotatable bonds is 3. The molecular weight excluding hydrogens is 411 g/mol. The summed E-state index contributed by atoms with van der Waals surface area (Å²) in [6.45, 7) is 2.39. The molecule has 1 aliphatic rings. The second kappa shape index (κ2) is 7.67. The number of piperazine rings is 1. The van der Waals surface area contributed by atoms with E-state index in [0.29, 0.717) is 5.56 Å². The van der Waals surface area contributed by atoms with E-state index in [2.05, 4.69) is 0 Å².